The van der Waals surface area contributed by atoms with Crippen LogP contribution in [0.4, 0.5) is 0 Å². The molecule has 0 saturated carbocycles. The number of carbonyl (C=O) groups is 1. The van der Waals surface area contributed by atoms with Crippen molar-refractivity contribution in [1.82, 2.24) is 9.38 Å². The molecule has 3 aromatic heterocycles. The summed E-state index contributed by atoms with van der Waals surface area (Å²) in [4.78, 5) is 29.6. The highest BCUT2D eigenvalue weighted by Crippen LogP contribution is 2.28. The third-order valence-corrected chi connectivity index (χ3v) is 5.98. The van der Waals surface area contributed by atoms with Crippen molar-refractivity contribution >= 4 is 39.4 Å². The van der Waals surface area contributed by atoms with Crippen LogP contribution in [-0.2, 0) is 11.3 Å². The molecular weight excluding hydrogens is 388 g/mol. The van der Waals surface area contributed by atoms with Crippen molar-refractivity contribution in [2.75, 3.05) is 0 Å². The molecule has 1 aliphatic heterocycles. The lowest BCUT2D eigenvalue weighted by Gasteiger charge is -1.99. The van der Waals surface area contributed by atoms with Gasteiger partial charge in [0.1, 0.15) is 22.7 Å². The van der Waals surface area contributed by atoms with Gasteiger partial charge in [-0.3, -0.25) is 4.79 Å². The molecule has 29 heavy (non-hydrogen) atoms. The zero-order valence-electron chi connectivity index (χ0n) is 14.9. The maximum absolute atomic E-state index is 12.9. The second-order valence-electron chi connectivity index (χ2n) is 6.78. The maximum Gasteiger partial charge on any atom is 0.338 e. The summed E-state index contributed by atoms with van der Waals surface area (Å²) in [6.45, 7) is 0.282. The smallest absolute Gasteiger partial charge is 0.338 e. The molecule has 0 bridgehead atoms. The Morgan fingerprint density at radius 3 is 2.90 bits per heavy atom. The average molecular weight is 400 g/mol. The van der Waals surface area contributed by atoms with E-state index in [-0.39, 0.29) is 18.1 Å². The minimum absolute atomic E-state index is 0.107. The Kier molecular flexibility index (Phi) is 3.30. The number of hydrogen-bond acceptors (Lipinski definition) is 6. The van der Waals surface area contributed by atoms with Crippen molar-refractivity contribution in [2.45, 2.75) is 6.61 Å². The number of cyclic esters (lactones) is 1. The lowest BCUT2D eigenvalue weighted by atomic mass is 10.0. The Balaban J connectivity index is 1.42. The molecule has 0 N–H and O–H groups in total. The maximum atomic E-state index is 12.9. The number of aromatic nitrogens is 2. The van der Waals surface area contributed by atoms with Gasteiger partial charge in [-0.2, -0.15) is 0 Å². The quantitative estimate of drug-likeness (QED) is 0.425. The van der Waals surface area contributed by atoms with E-state index >= 15 is 0 Å². The molecule has 7 heteroatoms. The zero-order valence-corrected chi connectivity index (χ0v) is 15.7. The number of thiazole rings is 1. The standard InChI is InChI=1S/C22H12N2O4S/c25-20-19(29-22-23-16-3-1-2-4-17(16)24(20)22)10-14-6-8-18(28-14)12-5-7-15-13(9-12)11-27-21(15)26/h1-10H,11H2/b19-10-. The molecule has 0 unspecified atom stereocenters. The Labute approximate surface area is 167 Å². The molecule has 1 aliphatic rings. The van der Waals surface area contributed by atoms with Crippen molar-refractivity contribution in [1.29, 1.82) is 0 Å². The summed E-state index contributed by atoms with van der Waals surface area (Å²) in [6.07, 6.45) is 1.74. The number of esters is 1. The molecule has 6 nitrogen and oxygen atoms in total. The predicted molar refractivity (Wildman–Crippen MR) is 109 cm³/mol. The number of para-hydroxylation sites is 2. The van der Waals surface area contributed by atoms with E-state index in [1.54, 1.807) is 16.5 Å². The van der Waals surface area contributed by atoms with Gasteiger partial charge in [-0.25, -0.2) is 14.2 Å². The monoisotopic (exact) mass is 400 g/mol. The van der Waals surface area contributed by atoms with Gasteiger partial charge in [0.25, 0.3) is 5.56 Å². The van der Waals surface area contributed by atoms with Gasteiger partial charge in [0.15, 0.2) is 4.96 Å². The first-order valence-corrected chi connectivity index (χ1v) is 9.81. The molecule has 0 aliphatic carbocycles. The zero-order chi connectivity index (χ0) is 19.5. The summed E-state index contributed by atoms with van der Waals surface area (Å²) in [5.74, 6) is 0.953. The van der Waals surface area contributed by atoms with Crippen LogP contribution in [-0.4, -0.2) is 15.4 Å². The second-order valence-corrected chi connectivity index (χ2v) is 7.79. The normalized spacial score (nSPS) is 14.1. The van der Waals surface area contributed by atoms with E-state index in [0.29, 0.717) is 26.6 Å². The van der Waals surface area contributed by atoms with Crippen LogP contribution in [0, 0.1) is 0 Å². The number of benzene rings is 2. The Hall–Kier alpha value is -3.71. The molecular formula is C22H12N2O4S. The van der Waals surface area contributed by atoms with Gasteiger partial charge in [-0.15, -0.1) is 0 Å². The van der Waals surface area contributed by atoms with Gasteiger partial charge in [-0.1, -0.05) is 29.5 Å². The van der Waals surface area contributed by atoms with Crippen LogP contribution in [0.15, 0.2) is 63.8 Å². The van der Waals surface area contributed by atoms with Gasteiger partial charge >= 0.3 is 5.97 Å². The van der Waals surface area contributed by atoms with Crippen LogP contribution in [0.3, 0.4) is 0 Å². The summed E-state index contributed by atoms with van der Waals surface area (Å²) in [6, 6.07) is 16.7. The molecule has 2 aromatic carbocycles. The molecule has 0 spiro atoms. The van der Waals surface area contributed by atoms with Gasteiger partial charge in [-0.05, 0) is 36.4 Å². The van der Waals surface area contributed by atoms with E-state index in [1.807, 2.05) is 48.5 Å². The number of imidazole rings is 1. The van der Waals surface area contributed by atoms with E-state index in [4.69, 9.17) is 9.15 Å². The highest BCUT2D eigenvalue weighted by atomic mass is 32.1. The van der Waals surface area contributed by atoms with Crippen molar-refractivity contribution in [3.63, 3.8) is 0 Å². The lowest BCUT2D eigenvalue weighted by Crippen LogP contribution is -2.22. The summed E-state index contributed by atoms with van der Waals surface area (Å²) in [5, 5.41) is 0. The SMILES string of the molecule is O=C1OCc2cc(-c3ccc(/C=c4\sc5nc6ccccc6n5c4=O)o3)ccc21. The molecule has 5 aromatic rings. The fourth-order valence-corrected chi connectivity index (χ4v) is 4.58. The number of hydrogen-bond donors (Lipinski definition) is 0. The minimum Gasteiger partial charge on any atom is -0.457 e. The first kappa shape index (κ1) is 16.3. The van der Waals surface area contributed by atoms with E-state index in [2.05, 4.69) is 4.98 Å². The van der Waals surface area contributed by atoms with E-state index < -0.39 is 0 Å². The van der Waals surface area contributed by atoms with Gasteiger partial charge in [0.05, 0.1) is 16.6 Å². The van der Waals surface area contributed by atoms with Gasteiger partial charge in [0.2, 0.25) is 0 Å². The van der Waals surface area contributed by atoms with Gasteiger partial charge in [0, 0.05) is 17.2 Å². The van der Waals surface area contributed by atoms with Crippen molar-refractivity contribution in [3.8, 4) is 11.3 Å². The molecule has 4 heterocycles. The van der Waals surface area contributed by atoms with Crippen LogP contribution < -0.4 is 10.1 Å². The molecule has 6 rings (SSSR count). The molecule has 0 radical (unpaired) electrons. The predicted octanol–water partition coefficient (Wildman–Crippen LogP) is 3.39. The Morgan fingerprint density at radius 2 is 1.97 bits per heavy atom. The first-order chi connectivity index (χ1) is 14.2. The number of rotatable bonds is 2. The minimum atomic E-state index is -0.293. The molecule has 0 atom stereocenters. The summed E-state index contributed by atoms with van der Waals surface area (Å²) in [7, 11) is 0. The highest BCUT2D eigenvalue weighted by molar-refractivity contribution is 7.15. The molecule has 0 amide bonds. The molecule has 140 valence electrons. The van der Waals surface area contributed by atoms with Crippen LogP contribution in [0.25, 0.3) is 33.4 Å². The third kappa shape index (κ3) is 2.44. The topological polar surface area (TPSA) is 73.8 Å². The number of furan rings is 1. The molecule has 0 fully saturated rings. The van der Waals surface area contributed by atoms with E-state index in [0.717, 1.165) is 22.2 Å². The molecule has 0 saturated heterocycles. The van der Waals surface area contributed by atoms with Crippen molar-refractivity contribution in [3.05, 3.63) is 86.4 Å². The average Bonchev–Trinajstić information content (AvgIpc) is 3.48. The fraction of sp³-hybridized carbons (Fsp3) is 0.0455. The van der Waals surface area contributed by atoms with Crippen molar-refractivity contribution in [2.24, 2.45) is 0 Å². The van der Waals surface area contributed by atoms with Crippen LogP contribution in [0.2, 0.25) is 0 Å². The largest absolute Gasteiger partial charge is 0.457 e. The highest BCUT2D eigenvalue weighted by Gasteiger charge is 2.21. The number of fused-ring (bicyclic) bond motifs is 4. The second kappa shape index (κ2) is 5.89. The van der Waals surface area contributed by atoms with E-state index in [9.17, 15) is 9.59 Å². The lowest BCUT2D eigenvalue weighted by molar-refractivity contribution is 0.0535. The fourth-order valence-electron chi connectivity index (χ4n) is 3.61. The van der Waals surface area contributed by atoms with E-state index in [1.165, 1.54) is 11.3 Å². The number of ether oxygens (including phenoxy) is 1. The van der Waals surface area contributed by atoms with Crippen LogP contribution in [0.5, 0.6) is 0 Å². The summed E-state index contributed by atoms with van der Waals surface area (Å²) < 4.78 is 13.2. The van der Waals surface area contributed by atoms with Crippen LogP contribution >= 0.6 is 11.3 Å². The third-order valence-electron chi connectivity index (χ3n) is 5.01. The van der Waals surface area contributed by atoms with Crippen LogP contribution in [0.1, 0.15) is 21.7 Å². The Bertz CT molecular complexity index is 1560. The summed E-state index contributed by atoms with van der Waals surface area (Å²) >= 11 is 1.34. The number of nitrogens with zero attached hydrogens (tertiary/aromatic N) is 2. The first-order valence-electron chi connectivity index (χ1n) is 8.99. The Morgan fingerprint density at radius 1 is 1.07 bits per heavy atom. The number of carbonyl (C=O) groups excluding carboxylic acids is 1. The summed E-state index contributed by atoms with van der Waals surface area (Å²) in [5.41, 5.74) is 3.81. The van der Waals surface area contributed by atoms with Gasteiger partial charge < -0.3 is 9.15 Å². The van der Waals surface area contributed by atoms with Crippen molar-refractivity contribution < 1.29 is 13.9 Å².